The van der Waals surface area contributed by atoms with Crippen LogP contribution in [0.1, 0.15) is 25.3 Å². The first kappa shape index (κ1) is 15.0. The lowest BCUT2D eigenvalue weighted by Gasteiger charge is -2.14. The van der Waals surface area contributed by atoms with E-state index in [1.54, 1.807) is 0 Å². The zero-order valence-corrected chi connectivity index (χ0v) is 13.1. The Kier molecular flexibility index (Phi) is 5.17. The van der Waals surface area contributed by atoms with E-state index in [4.69, 9.17) is 0 Å². The molecule has 2 N–H and O–H groups in total. The molecule has 0 aromatic heterocycles. The third-order valence-corrected chi connectivity index (χ3v) is 3.76. The van der Waals surface area contributed by atoms with Gasteiger partial charge in [0, 0.05) is 16.4 Å². The fraction of sp³-hybridized carbons (Fsp3) is 0.467. The van der Waals surface area contributed by atoms with Crippen LogP contribution < -0.4 is 10.6 Å². The van der Waals surface area contributed by atoms with Crippen LogP contribution in [-0.4, -0.2) is 24.4 Å². The van der Waals surface area contributed by atoms with Gasteiger partial charge >= 0.3 is 0 Å². The number of nitrogens with one attached hydrogen (secondary N) is 2. The van der Waals surface area contributed by atoms with E-state index in [-0.39, 0.29) is 30.3 Å². The molecule has 2 rings (SSSR count). The molecule has 1 unspecified atom stereocenters. The molecule has 2 amide bonds. The molecule has 5 heteroatoms. The third kappa shape index (κ3) is 4.96. The van der Waals surface area contributed by atoms with E-state index in [0.717, 1.165) is 23.7 Å². The highest BCUT2D eigenvalue weighted by atomic mass is 79.9. The number of carbonyl (C=O) groups excluding carboxylic acids is 2. The van der Waals surface area contributed by atoms with Gasteiger partial charge in [-0.3, -0.25) is 9.59 Å². The van der Waals surface area contributed by atoms with Gasteiger partial charge in [-0.15, -0.1) is 0 Å². The molecule has 1 saturated carbocycles. The first-order chi connectivity index (χ1) is 9.54. The molecule has 0 spiro atoms. The SMILES string of the molecule is CC(Cc1ccc(Br)cc1)NC(=O)CNC(=O)C1CC1. The second-order valence-corrected chi connectivity index (χ2v) is 6.21. The van der Waals surface area contributed by atoms with Crippen molar-refractivity contribution in [2.75, 3.05) is 6.54 Å². The summed E-state index contributed by atoms with van der Waals surface area (Å²) in [6.07, 6.45) is 2.68. The first-order valence-electron chi connectivity index (χ1n) is 6.86. The van der Waals surface area contributed by atoms with E-state index in [1.807, 2.05) is 31.2 Å². The highest BCUT2D eigenvalue weighted by molar-refractivity contribution is 9.10. The van der Waals surface area contributed by atoms with Crippen molar-refractivity contribution in [2.45, 2.75) is 32.2 Å². The predicted molar refractivity (Wildman–Crippen MR) is 81.2 cm³/mol. The maximum absolute atomic E-state index is 11.7. The quantitative estimate of drug-likeness (QED) is 0.833. The maximum Gasteiger partial charge on any atom is 0.239 e. The summed E-state index contributed by atoms with van der Waals surface area (Å²) in [6.45, 7) is 2.03. The first-order valence-corrected chi connectivity index (χ1v) is 7.65. The minimum atomic E-state index is -0.136. The van der Waals surface area contributed by atoms with Gasteiger partial charge in [-0.2, -0.15) is 0 Å². The number of hydrogen-bond donors (Lipinski definition) is 2. The average Bonchev–Trinajstić information content (AvgIpc) is 3.23. The van der Waals surface area contributed by atoms with Gasteiger partial charge in [-0.25, -0.2) is 0 Å². The minimum absolute atomic E-state index is 0.000660. The number of amides is 2. The van der Waals surface area contributed by atoms with Gasteiger partial charge in [0.1, 0.15) is 0 Å². The molecule has 1 atom stereocenters. The summed E-state index contributed by atoms with van der Waals surface area (Å²) >= 11 is 3.39. The van der Waals surface area contributed by atoms with Crippen molar-refractivity contribution in [3.05, 3.63) is 34.3 Å². The Bertz CT molecular complexity index is 483. The molecule has 1 aliphatic carbocycles. The van der Waals surface area contributed by atoms with Gasteiger partial charge in [0.05, 0.1) is 6.54 Å². The second-order valence-electron chi connectivity index (χ2n) is 5.29. The lowest BCUT2D eigenvalue weighted by Crippen LogP contribution is -2.42. The van der Waals surface area contributed by atoms with E-state index < -0.39 is 0 Å². The van der Waals surface area contributed by atoms with Gasteiger partial charge in [0.15, 0.2) is 0 Å². The number of hydrogen-bond acceptors (Lipinski definition) is 2. The van der Waals surface area contributed by atoms with E-state index in [2.05, 4.69) is 26.6 Å². The molecule has 20 heavy (non-hydrogen) atoms. The third-order valence-electron chi connectivity index (χ3n) is 3.23. The molecule has 0 saturated heterocycles. The van der Waals surface area contributed by atoms with Crippen LogP contribution in [0.5, 0.6) is 0 Å². The molecule has 1 aromatic carbocycles. The summed E-state index contributed by atoms with van der Waals surface area (Å²) in [5.41, 5.74) is 1.17. The maximum atomic E-state index is 11.7. The Morgan fingerprint density at radius 3 is 2.55 bits per heavy atom. The summed E-state index contributed by atoms with van der Waals surface area (Å²) in [4.78, 5) is 23.1. The summed E-state index contributed by atoms with van der Waals surface area (Å²) < 4.78 is 1.04. The van der Waals surface area contributed by atoms with Crippen molar-refractivity contribution in [2.24, 2.45) is 5.92 Å². The minimum Gasteiger partial charge on any atom is -0.352 e. The number of rotatable bonds is 6. The van der Waals surface area contributed by atoms with Crippen molar-refractivity contribution < 1.29 is 9.59 Å². The van der Waals surface area contributed by atoms with E-state index in [9.17, 15) is 9.59 Å². The Morgan fingerprint density at radius 2 is 1.95 bits per heavy atom. The normalized spacial score (nSPS) is 15.5. The van der Waals surface area contributed by atoms with Crippen LogP contribution in [0.3, 0.4) is 0 Å². The van der Waals surface area contributed by atoms with Crippen molar-refractivity contribution in [1.82, 2.24) is 10.6 Å². The highest BCUT2D eigenvalue weighted by Gasteiger charge is 2.29. The summed E-state index contributed by atoms with van der Waals surface area (Å²) in [6, 6.07) is 8.07. The molecule has 0 aliphatic heterocycles. The standard InChI is InChI=1S/C15H19BrN2O2/c1-10(8-11-2-6-13(16)7-3-11)18-14(19)9-17-15(20)12-4-5-12/h2-3,6-7,10,12H,4-5,8-9H2,1H3,(H,17,20)(H,18,19). The predicted octanol–water partition coefficient (Wildman–Crippen LogP) is 2.02. The topological polar surface area (TPSA) is 58.2 Å². The molecular formula is C15H19BrN2O2. The zero-order chi connectivity index (χ0) is 14.5. The van der Waals surface area contributed by atoms with Crippen LogP contribution >= 0.6 is 15.9 Å². The summed E-state index contributed by atoms with van der Waals surface area (Å²) in [7, 11) is 0. The van der Waals surface area contributed by atoms with Gasteiger partial charge in [-0.1, -0.05) is 28.1 Å². The molecular weight excluding hydrogens is 320 g/mol. The van der Waals surface area contributed by atoms with E-state index >= 15 is 0 Å². The zero-order valence-electron chi connectivity index (χ0n) is 11.5. The van der Waals surface area contributed by atoms with Crippen LogP contribution in [0, 0.1) is 5.92 Å². The second kappa shape index (κ2) is 6.88. The summed E-state index contributed by atoms with van der Waals surface area (Å²) in [5, 5.41) is 5.56. The van der Waals surface area contributed by atoms with Crippen molar-refractivity contribution in [1.29, 1.82) is 0 Å². The molecule has 108 valence electrons. The Balaban J connectivity index is 1.70. The number of halogens is 1. The lowest BCUT2D eigenvalue weighted by molar-refractivity contribution is -0.127. The van der Waals surface area contributed by atoms with Crippen LogP contribution in [0.2, 0.25) is 0 Å². The fourth-order valence-corrected chi connectivity index (χ4v) is 2.27. The van der Waals surface area contributed by atoms with Gasteiger partial charge in [0.25, 0.3) is 0 Å². The molecule has 0 radical (unpaired) electrons. The van der Waals surface area contributed by atoms with Crippen molar-refractivity contribution >= 4 is 27.7 Å². The molecule has 1 fully saturated rings. The van der Waals surface area contributed by atoms with Gasteiger partial charge < -0.3 is 10.6 Å². The molecule has 0 heterocycles. The molecule has 4 nitrogen and oxygen atoms in total. The molecule has 0 bridgehead atoms. The molecule has 1 aliphatic rings. The Labute approximate surface area is 127 Å². The van der Waals surface area contributed by atoms with E-state index in [1.165, 1.54) is 5.56 Å². The van der Waals surface area contributed by atoms with E-state index in [0.29, 0.717) is 0 Å². The average molecular weight is 339 g/mol. The lowest BCUT2D eigenvalue weighted by atomic mass is 10.1. The van der Waals surface area contributed by atoms with Crippen molar-refractivity contribution in [3.63, 3.8) is 0 Å². The smallest absolute Gasteiger partial charge is 0.239 e. The van der Waals surface area contributed by atoms with Gasteiger partial charge in [0.2, 0.25) is 11.8 Å². The Hall–Kier alpha value is -1.36. The largest absolute Gasteiger partial charge is 0.352 e. The molecule has 1 aromatic rings. The van der Waals surface area contributed by atoms with Crippen LogP contribution in [-0.2, 0) is 16.0 Å². The number of carbonyl (C=O) groups is 2. The van der Waals surface area contributed by atoms with Crippen LogP contribution in [0.4, 0.5) is 0 Å². The fourth-order valence-electron chi connectivity index (χ4n) is 2.01. The monoisotopic (exact) mass is 338 g/mol. The van der Waals surface area contributed by atoms with Gasteiger partial charge in [-0.05, 0) is 43.9 Å². The van der Waals surface area contributed by atoms with Crippen LogP contribution in [0.15, 0.2) is 28.7 Å². The van der Waals surface area contributed by atoms with Crippen LogP contribution in [0.25, 0.3) is 0 Å². The summed E-state index contributed by atoms with van der Waals surface area (Å²) in [5.74, 6) is 0.00677. The highest BCUT2D eigenvalue weighted by Crippen LogP contribution is 2.28. The number of benzene rings is 1. The Morgan fingerprint density at radius 1 is 1.30 bits per heavy atom. The van der Waals surface area contributed by atoms with Crippen molar-refractivity contribution in [3.8, 4) is 0 Å².